The van der Waals surface area contributed by atoms with Crippen LogP contribution in [0.4, 0.5) is 0 Å². The minimum atomic E-state index is -1.50. The first-order valence-electron chi connectivity index (χ1n) is 11.5. The van der Waals surface area contributed by atoms with Crippen LogP contribution in [0.2, 0.25) is 0 Å². The minimum absolute atomic E-state index is 0.00908. The third-order valence-electron chi connectivity index (χ3n) is 5.00. The average molecular weight is 518 g/mol. The van der Waals surface area contributed by atoms with Gasteiger partial charge in [-0.05, 0) is 38.5 Å². The van der Waals surface area contributed by atoms with E-state index in [2.05, 4.69) is 20.9 Å². The molecule has 0 aromatic rings. The molecule has 12 N–H and O–H groups in total. The van der Waals surface area contributed by atoms with Gasteiger partial charge in [-0.2, -0.15) is 0 Å². The van der Waals surface area contributed by atoms with Crippen molar-refractivity contribution in [2.75, 3.05) is 6.54 Å². The molecule has 0 spiro atoms. The second-order valence-corrected chi connectivity index (χ2v) is 8.80. The van der Waals surface area contributed by atoms with Gasteiger partial charge in [0.1, 0.15) is 24.2 Å². The summed E-state index contributed by atoms with van der Waals surface area (Å²) in [5.41, 5.74) is 16.2. The maximum Gasteiger partial charge on any atom is 0.326 e. The third-order valence-corrected chi connectivity index (χ3v) is 5.00. The van der Waals surface area contributed by atoms with Crippen molar-refractivity contribution in [3.63, 3.8) is 0 Å². The molecule has 0 aromatic carbocycles. The molecule has 0 bridgehead atoms. The van der Waals surface area contributed by atoms with Gasteiger partial charge in [0.15, 0.2) is 5.96 Å². The van der Waals surface area contributed by atoms with Gasteiger partial charge in [0.2, 0.25) is 17.7 Å². The summed E-state index contributed by atoms with van der Waals surface area (Å²) in [4.78, 5) is 64.3. The third kappa shape index (κ3) is 13.4. The van der Waals surface area contributed by atoms with E-state index in [1.807, 2.05) is 0 Å². The summed E-state index contributed by atoms with van der Waals surface area (Å²) in [5, 5.41) is 34.9. The highest BCUT2D eigenvalue weighted by Gasteiger charge is 2.31. The van der Waals surface area contributed by atoms with Gasteiger partial charge in [0.25, 0.3) is 0 Å². The number of rotatable bonds is 17. The molecule has 5 atom stereocenters. The summed E-state index contributed by atoms with van der Waals surface area (Å²) >= 11 is 0. The van der Waals surface area contributed by atoms with E-state index in [4.69, 9.17) is 22.3 Å². The maximum absolute atomic E-state index is 13.0. The van der Waals surface area contributed by atoms with Gasteiger partial charge >= 0.3 is 11.9 Å². The molecule has 0 rings (SSSR count). The first-order valence-corrected chi connectivity index (χ1v) is 11.5. The summed E-state index contributed by atoms with van der Waals surface area (Å²) in [6.07, 6.45) is -1.60. The van der Waals surface area contributed by atoms with E-state index in [1.165, 1.54) is 6.92 Å². The highest BCUT2D eigenvalue weighted by Crippen LogP contribution is 2.08. The number of aliphatic hydroxyl groups is 1. The Morgan fingerprint density at radius 3 is 1.83 bits per heavy atom. The first kappa shape index (κ1) is 32.5. The van der Waals surface area contributed by atoms with Gasteiger partial charge in [-0.1, -0.05) is 13.8 Å². The molecule has 0 heterocycles. The lowest BCUT2D eigenvalue weighted by Gasteiger charge is -2.26. The minimum Gasteiger partial charge on any atom is -0.481 e. The summed E-state index contributed by atoms with van der Waals surface area (Å²) in [6.45, 7) is 5.06. The number of carbonyl (C=O) groups excluding carboxylic acids is 3. The summed E-state index contributed by atoms with van der Waals surface area (Å²) in [5.74, 6) is -5.25. The molecule has 0 aromatic heterocycles. The van der Waals surface area contributed by atoms with Crippen molar-refractivity contribution in [3.05, 3.63) is 0 Å². The molecular weight excluding hydrogens is 478 g/mol. The van der Waals surface area contributed by atoms with Gasteiger partial charge in [-0.25, -0.2) is 4.79 Å². The molecule has 3 amide bonds. The number of nitrogens with one attached hydrogen (secondary N) is 3. The number of nitrogens with zero attached hydrogens (tertiary/aromatic N) is 1. The molecule has 15 nitrogen and oxygen atoms in total. The second-order valence-electron chi connectivity index (χ2n) is 8.80. The Morgan fingerprint density at radius 1 is 0.833 bits per heavy atom. The zero-order chi connectivity index (χ0) is 28.0. The normalized spacial score (nSPS) is 15.1. The van der Waals surface area contributed by atoms with Crippen molar-refractivity contribution < 1.29 is 39.3 Å². The van der Waals surface area contributed by atoms with E-state index in [0.29, 0.717) is 0 Å². The SMILES string of the molecule is CC(C)CC(NC(=O)C(N)C(C)O)C(=O)NC(CCCN=C(N)N)C(=O)NC(CCC(=O)O)C(=O)O. The van der Waals surface area contributed by atoms with Crippen molar-refractivity contribution in [2.45, 2.75) is 83.1 Å². The number of carboxylic acid groups (broad SMARTS) is 2. The van der Waals surface area contributed by atoms with Crippen molar-refractivity contribution >= 4 is 35.6 Å². The maximum atomic E-state index is 13.0. The lowest BCUT2D eigenvalue weighted by atomic mass is 10.0. The van der Waals surface area contributed by atoms with Gasteiger partial charge < -0.3 is 48.5 Å². The Hall–Kier alpha value is -3.46. The molecular formula is C21H39N7O8. The highest BCUT2D eigenvalue weighted by atomic mass is 16.4. The van der Waals surface area contributed by atoms with Gasteiger partial charge in [0, 0.05) is 13.0 Å². The van der Waals surface area contributed by atoms with Crippen LogP contribution >= 0.6 is 0 Å². The monoisotopic (exact) mass is 517 g/mol. The number of aliphatic hydroxyl groups excluding tert-OH is 1. The molecule has 0 radical (unpaired) electrons. The number of hydrogen-bond acceptors (Lipinski definition) is 8. The molecule has 0 aliphatic carbocycles. The van der Waals surface area contributed by atoms with Crippen LogP contribution in [-0.4, -0.2) is 87.8 Å². The largest absolute Gasteiger partial charge is 0.481 e. The fourth-order valence-corrected chi connectivity index (χ4v) is 3.03. The van der Waals surface area contributed by atoms with Crippen molar-refractivity contribution in [2.24, 2.45) is 28.1 Å². The van der Waals surface area contributed by atoms with Crippen LogP contribution in [0.15, 0.2) is 4.99 Å². The van der Waals surface area contributed by atoms with Gasteiger partial charge in [-0.15, -0.1) is 0 Å². The van der Waals surface area contributed by atoms with E-state index < -0.39 is 66.4 Å². The number of nitrogens with two attached hydrogens (primary N) is 3. The van der Waals surface area contributed by atoms with Crippen LogP contribution in [0.3, 0.4) is 0 Å². The van der Waals surface area contributed by atoms with Crippen LogP contribution in [-0.2, 0) is 24.0 Å². The first-order chi connectivity index (χ1) is 16.6. The van der Waals surface area contributed by atoms with Crippen molar-refractivity contribution in [3.8, 4) is 0 Å². The van der Waals surface area contributed by atoms with Gasteiger partial charge in [-0.3, -0.25) is 24.2 Å². The molecule has 0 saturated carbocycles. The molecule has 15 heteroatoms. The fourth-order valence-electron chi connectivity index (χ4n) is 3.03. The van der Waals surface area contributed by atoms with Gasteiger partial charge in [0.05, 0.1) is 6.10 Å². The predicted octanol–water partition coefficient (Wildman–Crippen LogP) is -2.80. The summed E-state index contributed by atoms with van der Waals surface area (Å²) in [7, 11) is 0. The van der Waals surface area contributed by atoms with Crippen LogP contribution < -0.4 is 33.2 Å². The number of hydrogen-bond donors (Lipinski definition) is 9. The molecule has 206 valence electrons. The average Bonchev–Trinajstić information content (AvgIpc) is 2.76. The molecule has 5 unspecified atom stereocenters. The van der Waals surface area contributed by atoms with Crippen LogP contribution in [0.1, 0.15) is 52.9 Å². The number of aliphatic imine (C=N–C) groups is 1. The zero-order valence-electron chi connectivity index (χ0n) is 20.8. The van der Waals surface area contributed by atoms with E-state index >= 15 is 0 Å². The fraction of sp³-hybridized carbons (Fsp3) is 0.714. The van der Waals surface area contributed by atoms with E-state index in [0.717, 1.165) is 0 Å². The summed E-state index contributed by atoms with van der Waals surface area (Å²) in [6, 6.07) is -5.12. The topological polar surface area (TPSA) is 273 Å². The molecule has 0 saturated heterocycles. The Labute approximate surface area is 209 Å². The highest BCUT2D eigenvalue weighted by molar-refractivity contribution is 5.94. The zero-order valence-corrected chi connectivity index (χ0v) is 20.8. The van der Waals surface area contributed by atoms with Crippen LogP contribution in [0, 0.1) is 5.92 Å². The van der Waals surface area contributed by atoms with Crippen molar-refractivity contribution in [1.82, 2.24) is 16.0 Å². The lowest BCUT2D eigenvalue weighted by molar-refractivity contribution is -0.143. The van der Waals surface area contributed by atoms with E-state index in [9.17, 15) is 34.2 Å². The number of guanidine groups is 1. The number of carboxylic acids is 2. The molecule has 0 aliphatic rings. The predicted molar refractivity (Wildman–Crippen MR) is 129 cm³/mol. The second kappa shape index (κ2) is 16.3. The molecule has 0 fully saturated rings. The van der Waals surface area contributed by atoms with Crippen LogP contribution in [0.5, 0.6) is 0 Å². The van der Waals surface area contributed by atoms with Crippen LogP contribution in [0.25, 0.3) is 0 Å². The van der Waals surface area contributed by atoms with E-state index in [-0.39, 0.29) is 44.1 Å². The Kier molecular flexibility index (Phi) is 14.7. The Morgan fingerprint density at radius 2 is 1.36 bits per heavy atom. The number of amides is 3. The molecule has 36 heavy (non-hydrogen) atoms. The number of carbonyl (C=O) groups is 5. The Balaban J connectivity index is 5.66. The van der Waals surface area contributed by atoms with Crippen molar-refractivity contribution in [1.29, 1.82) is 0 Å². The summed E-state index contributed by atoms with van der Waals surface area (Å²) < 4.78 is 0. The Bertz CT molecular complexity index is 799. The molecule has 0 aliphatic heterocycles. The van der Waals surface area contributed by atoms with E-state index in [1.54, 1.807) is 13.8 Å². The lowest BCUT2D eigenvalue weighted by Crippen LogP contribution is -2.58. The standard InChI is InChI=1S/C21H39N7O8/c1-10(2)9-14(28-19(34)16(22)11(3)29)18(33)26-12(5-4-8-25-21(23)24)17(32)27-13(20(35)36)6-7-15(30)31/h10-14,16,29H,4-9,22H2,1-3H3,(H,26,33)(H,27,32)(H,28,34)(H,30,31)(H,35,36)(H4,23,24,25). The quantitative estimate of drug-likeness (QED) is 0.0539. The number of aliphatic carboxylic acids is 2. The smallest absolute Gasteiger partial charge is 0.326 e.